The van der Waals surface area contributed by atoms with Crippen molar-refractivity contribution in [3.05, 3.63) is 59.9 Å². The van der Waals surface area contributed by atoms with Crippen LogP contribution in [0.1, 0.15) is 11.1 Å². The summed E-state index contributed by atoms with van der Waals surface area (Å²) < 4.78 is 5.10. The highest BCUT2D eigenvalue weighted by Crippen LogP contribution is 2.14. The number of carbonyl (C=O) groups is 1. The van der Waals surface area contributed by atoms with E-state index in [0.717, 1.165) is 16.8 Å². The highest BCUT2D eigenvalue weighted by Gasteiger charge is 2.14. The summed E-state index contributed by atoms with van der Waals surface area (Å²) in [4.78, 5) is 18.2. The number of ether oxygens (including phenoxy) is 1. The zero-order chi connectivity index (χ0) is 15.8. The molecular formula is C17H21N3O2. The largest absolute Gasteiger partial charge is 0.383 e. The molecule has 0 fully saturated rings. The Morgan fingerprint density at radius 1 is 1.23 bits per heavy atom. The predicted molar refractivity (Wildman–Crippen MR) is 86.7 cm³/mol. The van der Waals surface area contributed by atoms with Crippen LogP contribution in [0.25, 0.3) is 0 Å². The first-order valence-electron chi connectivity index (χ1n) is 7.20. The molecule has 1 aromatic carbocycles. The standard InChI is InChI=1S/C17H21N3O2/c1-14-5-3-4-6-16(14)19-17(21)20(11-12-22-2)13-15-7-9-18-10-8-15/h3-10H,11-13H2,1-2H3,(H,19,21). The molecule has 0 aliphatic rings. The van der Waals surface area contributed by atoms with Gasteiger partial charge < -0.3 is 15.0 Å². The molecule has 0 aliphatic heterocycles. The summed E-state index contributed by atoms with van der Waals surface area (Å²) in [5, 5.41) is 2.96. The fourth-order valence-electron chi connectivity index (χ4n) is 2.07. The van der Waals surface area contributed by atoms with E-state index in [2.05, 4.69) is 10.3 Å². The van der Waals surface area contributed by atoms with Gasteiger partial charge >= 0.3 is 6.03 Å². The van der Waals surface area contributed by atoms with E-state index in [1.807, 2.05) is 43.3 Å². The lowest BCUT2D eigenvalue weighted by molar-refractivity contribution is 0.153. The van der Waals surface area contributed by atoms with E-state index >= 15 is 0 Å². The summed E-state index contributed by atoms with van der Waals surface area (Å²) in [6.45, 7) is 3.50. The second kappa shape index (κ2) is 8.14. The third-order valence-electron chi connectivity index (χ3n) is 3.36. The van der Waals surface area contributed by atoms with Gasteiger partial charge in [0.25, 0.3) is 0 Å². The summed E-state index contributed by atoms with van der Waals surface area (Å²) in [6, 6.07) is 11.4. The molecule has 5 nitrogen and oxygen atoms in total. The molecule has 0 radical (unpaired) electrons. The van der Waals surface area contributed by atoms with Crippen LogP contribution in [0.3, 0.4) is 0 Å². The van der Waals surface area contributed by atoms with Gasteiger partial charge in [-0.15, -0.1) is 0 Å². The van der Waals surface area contributed by atoms with E-state index < -0.39 is 0 Å². The third-order valence-corrected chi connectivity index (χ3v) is 3.36. The molecule has 0 spiro atoms. The van der Waals surface area contributed by atoms with E-state index in [9.17, 15) is 4.79 Å². The van der Waals surface area contributed by atoms with Crippen LogP contribution < -0.4 is 5.32 Å². The van der Waals surface area contributed by atoms with Gasteiger partial charge in [0, 0.05) is 38.3 Å². The summed E-state index contributed by atoms with van der Waals surface area (Å²) in [7, 11) is 1.63. The molecule has 0 bridgehead atoms. The number of hydrogen-bond donors (Lipinski definition) is 1. The van der Waals surface area contributed by atoms with Crippen LogP contribution in [-0.2, 0) is 11.3 Å². The van der Waals surface area contributed by atoms with Crippen molar-refractivity contribution in [2.45, 2.75) is 13.5 Å². The number of benzene rings is 1. The zero-order valence-electron chi connectivity index (χ0n) is 13.0. The van der Waals surface area contributed by atoms with Crippen LogP contribution in [0.4, 0.5) is 10.5 Å². The minimum Gasteiger partial charge on any atom is -0.383 e. The van der Waals surface area contributed by atoms with Gasteiger partial charge in [0.05, 0.1) is 6.61 Å². The van der Waals surface area contributed by atoms with Gasteiger partial charge in [0.15, 0.2) is 0 Å². The number of anilines is 1. The monoisotopic (exact) mass is 299 g/mol. The number of para-hydroxylation sites is 1. The maximum absolute atomic E-state index is 12.5. The van der Waals surface area contributed by atoms with Gasteiger partial charge in [0.1, 0.15) is 0 Å². The second-order valence-corrected chi connectivity index (χ2v) is 5.01. The van der Waals surface area contributed by atoms with Crippen LogP contribution in [0.15, 0.2) is 48.8 Å². The first kappa shape index (κ1) is 16.0. The molecule has 116 valence electrons. The molecule has 2 rings (SSSR count). The van der Waals surface area contributed by atoms with Crippen molar-refractivity contribution in [2.75, 3.05) is 25.6 Å². The van der Waals surface area contributed by atoms with Crippen LogP contribution >= 0.6 is 0 Å². The van der Waals surface area contributed by atoms with E-state index in [0.29, 0.717) is 19.7 Å². The van der Waals surface area contributed by atoms with Gasteiger partial charge in [-0.05, 0) is 36.2 Å². The third kappa shape index (κ3) is 4.56. The Labute approximate surface area is 130 Å². The number of urea groups is 1. The fraction of sp³-hybridized carbons (Fsp3) is 0.294. The van der Waals surface area contributed by atoms with Crippen LogP contribution in [0.2, 0.25) is 0 Å². The molecule has 2 aromatic rings. The maximum atomic E-state index is 12.5. The molecular weight excluding hydrogens is 278 g/mol. The maximum Gasteiger partial charge on any atom is 0.322 e. The number of rotatable bonds is 6. The Morgan fingerprint density at radius 3 is 2.64 bits per heavy atom. The van der Waals surface area contributed by atoms with E-state index in [1.54, 1.807) is 24.4 Å². The van der Waals surface area contributed by atoms with Crippen molar-refractivity contribution < 1.29 is 9.53 Å². The van der Waals surface area contributed by atoms with Crippen molar-refractivity contribution in [3.63, 3.8) is 0 Å². The van der Waals surface area contributed by atoms with Gasteiger partial charge in [-0.3, -0.25) is 4.98 Å². The van der Waals surface area contributed by atoms with Gasteiger partial charge in [-0.25, -0.2) is 4.79 Å². The van der Waals surface area contributed by atoms with Gasteiger partial charge in [-0.2, -0.15) is 0 Å². The lowest BCUT2D eigenvalue weighted by Gasteiger charge is -2.23. The smallest absolute Gasteiger partial charge is 0.322 e. The molecule has 1 aromatic heterocycles. The fourth-order valence-corrected chi connectivity index (χ4v) is 2.07. The number of pyridine rings is 1. The van der Waals surface area contributed by atoms with Crippen molar-refractivity contribution in [1.82, 2.24) is 9.88 Å². The number of amides is 2. The topological polar surface area (TPSA) is 54.5 Å². The highest BCUT2D eigenvalue weighted by molar-refractivity contribution is 5.90. The first-order chi connectivity index (χ1) is 10.7. The molecule has 0 atom stereocenters. The Morgan fingerprint density at radius 2 is 1.95 bits per heavy atom. The zero-order valence-corrected chi connectivity index (χ0v) is 13.0. The molecule has 0 saturated carbocycles. The Balaban J connectivity index is 2.07. The van der Waals surface area contributed by atoms with Crippen molar-refractivity contribution in [3.8, 4) is 0 Å². The average Bonchev–Trinajstić information content (AvgIpc) is 2.54. The molecule has 5 heteroatoms. The lowest BCUT2D eigenvalue weighted by Crippen LogP contribution is -2.37. The number of aryl methyl sites for hydroxylation is 1. The number of aromatic nitrogens is 1. The van der Waals surface area contributed by atoms with E-state index in [1.165, 1.54) is 0 Å². The summed E-state index contributed by atoms with van der Waals surface area (Å²) in [6.07, 6.45) is 3.45. The van der Waals surface area contributed by atoms with Crippen LogP contribution in [-0.4, -0.2) is 36.2 Å². The molecule has 0 saturated heterocycles. The van der Waals surface area contributed by atoms with E-state index in [4.69, 9.17) is 4.74 Å². The van der Waals surface area contributed by atoms with Gasteiger partial charge in [-0.1, -0.05) is 18.2 Å². The van der Waals surface area contributed by atoms with Crippen molar-refractivity contribution >= 4 is 11.7 Å². The number of carbonyl (C=O) groups excluding carboxylic acids is 1. The Bertz CT molecular complexity index is 602. The summed E-state index contributed by atoms with van der Waals surface area (Å²) >= 11 is 0. The predicted octanol–water partition coefficient (Wildman–Crippen LogP) is 3.07. The van der Waals surface area contributed by atoms with Gasteiger partial charge in [0.2, 0.25) is 0 Å². The minimum absolute atomic E-state index is 0.136. The van der Waals surface area contributed by atoms with E-state index in [-0.39, 0.29) is 6.03 Å². The van der Waals surface area contributed by atoms with Crippen molar-refractivity contribution in [1.29, 1.82) is 0 Å². The Hall–Kier alpha value is -2.40. The number of hydrogen-bond acceptors (Lipinski definition) is 3. The second-order valence-electron chi connectivity index (χ2n) is 5.01. The number of nitrogens with one attached hydrogen (secondary N) is 1. The normalized spacial score (nSPS) is 10.3. The lowest BCUT2D eigenvalue weighted by atomic mass is 10.2. The SMILES string of the molecule is COCCN(Cc1ccncc1)C(=O)Nc1ccccc1C. The minimum atomic E-state index is -0.136. The molecule has 1 heterocycles. The van der Waals surface area contributed by atoms with Crippen LogP contribution in [0, 0.1) is 6.92 Å². The molecule has 0 aliphatic carbocycles. The number of nitrogens with zero attached hydrogens (tertiary/aromatic N) is 2. The summed E-state index contributed by atoms with van der Waals surface area (Å²) in [5.74, 6) is 0. The Kier molecular flexibility index (Phi) is 5.91. The quantitative estimate of drug-likeness (QED) is 0.892. The molecule has 1 N–H and O–H groups in total. The molecule has 22 heavy (non-hydrogen) atoms. The molecule has 2 amide bonds. The van der Waals surface area contributed by atoms with Crippen LogP contribution in [0.5, 0.6) is 0 Å². The summed E-state index contributed by atoms with van der Waals surface area (Å²) in [5.41, 5.74) is 2.89. The average molecular weight is 299 g/mol. The first-order valence-corrected chi connectivity index (χ1v) is 7.20. The van der Waals surface area contributed by atoms with Crippen molar-refractivity contribution in [2.24, 2.45) is 0 Å². The number of methoxy groups -OCH3 is 1. The highest BCUT2D eigenvalue weighted by atomic mass is 16.5. The molecule has 0 unspecified atom stereocenters.